The molecule has 0 bridgehead atoms. The third-order valence-electron chi connectivity index (χ3n) is 4.56. The molecule has 1 aromatic heterocycles. The average molecular weight is 392 g/mol. The van der Waals surface area contributed by atoms with Gasteiger partial charge < -0.3 is 4.57 Å². The first-order chi connectivity index (χ1) is 13.5. The summed E-state index contributed by atoms with van der Waals surface area (Å²) in [6.45, 7) is 1.90. The summed E-state index contributed by atoms with van der Waals surface area (Å²) < 4.78 is 15.9. The molecule has 0 N–H and O–H groups in total. The van der Waals surface area contributed by atoms with Crippen molar-refractivity contribution in [2.24, 2.45) is 0 Å². The van der Waals surface area contributed by atoms with Crippen LogP contribution in [0.3, 0.4) is 0 Å². The molecule has 1 saturated heterocycles. The number of benzene rings is 2. The Balaban J connectivity index is 1.65. The Kier molecular flexibility index (Phi) is 4.88. The summed E-state index contributed by atoms with van der Waals surface area (Å²) in [4.78, 5) is 26.5. The zero-order valence-electron chi connectivity index (χ0n) is 15.1. The molecule has 28 heavy (non-hydrogen) atoms. The van der Waals surface area contributed by atoms with Crippen LogP contribution in [0.15, 0.2) is 71.6 Å². The van der Waals surface area contributed by atoms with Crippen molar-refractivity contribution in [3.63, 3.8) is 0 Å². The molecular weight excluding hydrogens is 375 g/mol. The van der Waals surface area contributed by atoms with Gasteiger partial charge in [0, 0.05) is 22.6 Å². The maximum atomic E-state index is 13.9. The van der Waals surface area contributed by atoms with Gasteiger partial charge in [0.15, 0.2) is 0 Å². The van der Waals surface area contributed by atoms with E-state index in [4.69, 9.17) is 0 Å². The second-order valence-electron chi connectivity index (χ2n) is 6.43. The predicted molar refractivity (Wildman–Crippen MR) is 108 cm³/mol. The third kappa shape index (κ3) is 3.39. The smallest absolute Gasteiger partial charge is 0.293 e. The Bertz CT molecular complexity index is 1090. The van der Waals surface area contributed by atoms with E-state index in [0.29, 0.717) is 10.5 Å². The molecule has 0 aliphatic carbocycles. The maximum absolute atomic E-state index is 13.9. The Morgan fingerprint density at radius 1 is 0.964 bits per heavy atom. The van der Waals surface area contributed by atoms with Crippen molar-refractivity contribution in [2.75, 3.05) is 0 Å². The van der Waals surface area contributed by atoms with Gasteiger partial charge in [-0.05, 0) is 55.1 Å². The van der Waals surface area contributed by atoms with E-state index in [9.17, 15) is 14.0 Å². The summed E-state index contributed by atoms with van der Waals surface area (Å²) in [5, 5.41) is -0.394. The molecule has 0 spiro atoms. The maximum Gasteiger partial charge on any atom is 0.293 e. The van der Waals surface area contributed by atoms with Gasteiger partial charge >= 0.3 is 0 Å². The highest BCUT2D eigenvalue weighted by molar-refractivity contribution is 8.18. The quantitative estimate of drug-likeness (QED) is 0.576. The minimum absolute atomic E-state index is 0.0760. The van der Waals surface area contributed by atoms with Crippen LogP contribution in [0.25, 0.3) is 11.8 Å². The van der Waals surface area contributed by atoms with E-state index in [-0.39, 0.29) is 6.54 Å². The molecule has 140 valence electrons. The number of nitrogens with zero attached hydrogens (tertiary/aromatic N) is 2. The summed E-state index contributed by atoms with van der Waals surface area (Å²) in [7, 11) is 0. The largest absolute Gasteiger partial charge is 0.314 e. The predicted octanol–water partition coefficient (Wildman–Crippen LogP) is 5.16. The standard InChI is InChI=1S/C22H17FN2O2S/c1-15-11-12-18(25(15)17-8-3-2-4-9-17)13-20-21(26)24(22(27)28-20)14-16-7-5-6-10-19(16)23/h2-13H,14H2,1H3/b20-13-. The number of rotatable bonds is 4. The van der Waals surface area contributed by atoms with Crippen molar-refractivity contribution in [2.45, 2.75) is 13.5 Å². The molecule has 0 atom stereocenters. The van der Waals surface area contributed by atoms with E-state index in [1.165, 1.54) is 6.07 Å². The highest BCUT2D eigenvalue weighted by atomic mass is 32.2. The van der Waals surface area contributed by atoms with Crippen LogP contribution < -0.4 is 0 Å². The van der Waals surface area contributed by atoms with Gasteiger partial charge in [-0.2, -0.15) is 0 Å². The number of carbonyl (C=O) groups is 2. The fourth-order valence-electron chi connectivity index (χ4n) is 3.17. The van der Waals surface area contributed by atoms with Gasteiger partial charge in [0.25, 0.3) is 11.1 Å². The molecule has 2 amide bonds. The molecule has 0 saturated carbocycles. The summed E-state index contributed by atoms with van der Waals surface area (Å²) in [5.41, 5.74) is 3.11. The van der Waals surface area contributed by atoms with E-state index in [1.54, 1.807) is 24.3 Å². The Hall–Kier alpha value is -3.12. The van der Waals surface area contributed by atoms with Gasteiger partial charge in [-0.3, -0.25) is 14.5 Å². The number of aromatic nitrogens is 1. The number of aryl methyl sites for hydroxylation is 1. The number of hydrogen-bond acceptors (Lipinski definition) is 3. The Labute approximate surface area is 166 Å². The van der Waals surface area contributed by atoms with Crippen molar-refractivity contribution in [3.8, 4) is 5.69 Å². The fourth-order valence-corrected chi connectivity index (χ4v) is 3.99. The van der Waals surface area contributed by atoms with Crippen LogP contribution in [0.2, 0.25) is 0 Å². The van der Waals surface area contributed by atoms with Crippen molar-refractivity contribution in [1.29, 1.82) is 0 Å². The number of amides is 2. The molecule has 1 aliphatic heterocycles. The lowest BCUT2D eigenvalue weighted by molar-refractivity contribution is -0.123. The summed E-state index contributed by atoms with van der Waals surface area (Å²) in [5.74, 6) is -0.837. The molecule has 1 aliphatic rings. The van der Waals surface area contributed by atoms with E-state index in [1.807, 2.05) is 54.0 Å². The lowest BCUT2D eigenvalue weighted by atomic mass is 10.2. The number of carbonyl (C=O) groups excluding carboxylic acids is 2. The molecule has 3 aromatic rings. The van der Waals surface area contributed by atoms with Gasteiger partial charge in [-0.25, -0.2) is 4.39 Å². The normalized spacial score (nSPS) is 15.6. The van der Waals surface area contributed by atoms with Gasteiger partial charge in [-0.1, -0.05) is 36.4 Å². The lowest BCUT2D eigenvalue weighted by Crippen LogP contribution is -2.27. The van der Waals surface area contributed by atoms with E-state index in [0.717, 1.165) is 33.7 Å². The monoisotopic (exact) mass is 392 g/mol. The Morgan fingerprint density at radius 3 is 2.43 bits per heavy atom. The minimum atomic E-state index is -0.431. The second kappa shape index (κ2) is 7.48. The van der Waals surface area contributed by atoms with Crippen LogP contribution in [0.5, 0.6) is 0 Å². The van der Waals surface area contributed by atoms with Crippen LogP contribution in [0.4, 0.5) is 9.18 Å². The molecule has 0 radical (unpaired) electrons. The first-order valence-electron chi connectivity index (χ1n) is 8.77. The molecule has 6 heteroatoms. The fraction of sp³-hybridized carbons (Fsp3) is 0.0909. The van der Waals surface area contributed by atoms with Crippen LogP contribution in [0.1, 0.15) is 17.0 Å². The molecular formula is C22H17FN2O2S. The van der Waals surface area contributed by atoms with Gasteiger partial charge in [0.1, 0.15) is 5.82 Å². The highest BCUT2D eigenvalue weighted by Crippen LogP contribution is 2.34. The van der Waals surface area contributed by atoms with E-state index in [2.05, 4.69) is 0 Å². The van der Waals surface area contributed by atoms with Crippen LogP contribution in [0, 0.1) is 12.7 Å². The number of thioether (sulfide) groups is 1. The van der Waals surface area contributed by atoms with Crippen molar-refractivity contribution < 1.29 is 14.0 Å². The summed E-state index contributed by atoms with van der Waals surface area (Å²) in [6, 6.07) is 19.8. The SMILES string of the molecule is Cc1ccc(/C=C2\SC(=O)N(Cc3ccccc3F)C2=O)n1-c1ccccc1. The topological polar surface area (TPSA) is 42.3 Å². The second-order valence-corrected chi connectivity index (χ2v) is 7.42. The van der Waals surface area contributed by atoms with E-state index >= 15 is 0 Å². The van der Waals surface area contributed by atoms with Crippen molar-refractivity contribution >= 4 is 29.0 Å². The third-order valence-corrected chi connectivity index (χ3v) is 5.47. The van der Waals surface area contributed by atoms with Crippen LogP contribution >= 0.6 is 11.8 Å². The zero-order valence-corrected chi connectivity index (χ0v) is 15.9. The lowest BCUT2D eigenvalue weighted by Gasteiger charge is -2.13. The highest BCUT2D eigenvalue weighted by Gasteiger charge is 2.35. The van der Waals surface area contributed by atoms with Gasteiger partial charge in [-0.15, -0.1) is 0 Å². The minimum Gasteiger partial charge on any atom is -0.314 e. The molecule has 0 unspecified atom stereocenters. The number of halogens is 1. The Morgan fingerprint density at radius 2 is 1.68 bits per heavy atom. The molecule has 4 rings (SSSR count). The summed E-state index contributed by atoms with van der Waals surface area (Å²) >= 11 is 0.878. The molecule has 1 fully saturated rings. The zero-order chi connectivity index (χ0) is 19.7. The summed E-state index contributed by atoms with van der Waals surface area (Å²) in [6.07, 6.45) is 1.71. The first-order valence-corrected chi connectivity index (χ1v) is 9.59. The van der Waals surface area contributed by atoms with Crippen molar-refractivity contribution in [1.82, 2.24) is 9.47 Å². The molecule has 2 heterocycles. The first kappa shape index (κ1) is 18.3. The number of para-hydroxylation sites is 1. The number of imide groups is 1. The average Bonchev–Trinajstić information content (AvgIpc) is 3.18. The molecule has 4 nitrogen and oxygen atoms in total. The van der Waals surface area contributed by atoms with Crippen LogP contribution in [-0.2, 0) is 11.3 Å². The van der Waals surface area contributed by atoms with Gasteiger partial charge in [0.05, 0.1) is 11.4 Å². The molecule has 2 aromatic carbocycles. The van der Waals surface area contributed by atoms with Gasteiger partial charge in [0.2, 0.25) is 0 Å². The number of hydrogen-bond donors (Lipinski definition) is 0. The van der Waals surface area contributed by atoms with E-state index < -0.39 is 17.0 Å². The van der Waals surface area contributed by atoms with Crippen LogP contribution in [-0.4, -0.2) is 20.6 Å². The van der Waals surface area contributed by atoms with Crippen molar-refractivity contribution in [3.05, 3.63) is 94.4 Å².